The van der Waals surface area contributed by atoms with Gasteiger partial charge in [-0.15, -0.1) is 11.3 Å². The first kappa shape index (κ1) is 15.1. The highest BCUT2D eigenvalue weighted by Gasteiger charge is 2.15. The molecule has 0 radical (unpaired) electrons. The topological polar surface area (TPSA) is 45.2 Å². The van der Waals surface area contributed by atoms with Crippen LogP contribution in [-0.4, -0.2) is 29.9 Å². The maximum absolute atomic E-state index is 12.4. The van der Waals surface area contributed by atoms with Crippen LogP contribution in [0.15, 0.2) is 24.3 Å². The summed E-state index contributed by atoms with van der Waals surface area (Å²) in [6.45, 7) is 0.505. The second kappa shape index (κ2) is 6.43. The summed E-state index contributed by atoms with van der Waals surface area (Å²) in [4.78, 5) is 19.1. The van der Waals surface area contributed by atoms with Crippen LogP contribution in [0.4, 0.5) is 5.82 Å². The molecule has 0 aliphatic carbocycles. The molecule has 0 aliphatic heterocycles. The third-order valence-corrected chi connectivity index (χ3v) is 4.08. The molecule has 0 aliphatic rings. The van der Waals surface area contributed by atoms with E-state index >= 15 is 0 Å². The zero-order valence-corrected chi connectivity index (χ0v) is 13.3. The molecule has 0 unspecified atom stereocenters. The smallest absolute Gasteiger partial charge is 0.254 e. The van der Waals surface area contributed by atoms with E-state index in [0.29, 0.717) is 22.3 Å². The van der Waals surface area contributed by atoms with Crippen LogP contribution in [0.5, 0.6) is 0 Å². The maximum atomic E-state index is 12.4. The van der Waals surface area contributed by atoms with Gasteiger partial charge in [0, 0.05) is 24.5 Å². The van der Waals surface area contributed by atoms with Crippen LogP contribution in [-0.2, 0) is 6.54 Å². The average molecular weight is 330 g/mol. The van der Waals surface area contributed by atoms with Crippen LogP contribution in [0.25, 0.3) is 0 Å². The molecule has 0 spiro atoms. The Bertz CT molecular complexity index is 630. The van der Waals surface area contributed by atoms with Gasteiger partial charge in [-0.25, -0.2) is 4.98 Å². The van der Waals surface area contributed by atoms with Crippen molar-refractivity contribution in [2.45, 2.75) is 6.54 Å². The van der Waals surface area contributed by atoms with Crippen LogP contribution >= 0.6 is 34.5 Å². The number of rotatable bonds is 4. The van der Waals surface area contributed by atoms with Gasteiger partial charge in [0.2, 0.25) is 0 Å². The summed E-state index contributed by atoms with van der Waals surface area (Å²) < 4.78 is 0.713. The van der Waals surface area contributed by atoms with Gasteiger partial charge in [0.05, 0.1) is 10.9 Å². The van der Waals surface area contributed by atoms with Gasteiger partial charge in [-0.3, -0.25) is 4.79 Å². The van der Waals surface area contributed by atoms with E-state index in [1.807, 2.05) is 12.1 Å². The Labute approximate surface area is 131 Å². The van der Waals surface area contributed by atoms with Gasteiger partial charge in [0.25, 0.3) is 5.91 Å². The summed E-state index contributed by atoms with van der Waals surface area (Å²) in [5.41, 5.74) is 0.500. The number of hydrogen-bond donors (Lipinski definition) is 1. The van der Waals surface area contributed by atoms with Crippen molar-refractivity contribution in [2.75, 3.05) is 19.4 Å². The van der Waals surface area contributed by atoms with Crippen molar-refractivity contribution >= 4 is 46.3 Å². The minimum Gasteiger partial charge on any atom is -0.373 e. The molecular weight excluding hydrogens is 317 g/mol. The summed E-state index contributed by atoms with van der Waals surface area (Å²) in [6, 6.07) is 6.96. The second-order valence-electron chi connectivity index (χ2n) is 4.18. The lowest BCUT2D eigenvalue weighted by Gasteiger charge is -2.16. The first-order chi connectivity index (χ1) is 9.49. The predicted octanol–water partition coefficient (Wildman–Crippen LogP) is 3.76. The van der Waals surface area contributed by atoms with E-state index in [1.54, 1.807) is 31.1 Å². The molecule has 1 N–H and O–H groups in total. The zero-order valence-electron chi connectivity index (χ0n) is 11.0. The van der Waals surface area contributed by atoms with Crippen LogP contribution in [0.3, 0.4) is 0 Å². The Balaban J connectivity index is 2.15. The molecule has 106 valence electrons. The summed E-state index contributed by atoms with van der Waals surface area (Å²) in [7, 11) is 3.47. The molecule has 2 aromatic heterocycles. The van der Waals surface area contributed by atoms with Crippen LogP contribution < -0.4 is 5.32 Å². The van der Waals surface area contributed by atoms with Crippen LogP contribution in [0.2, 0.25) is 9.49 Å². The fourth-order valence-electron chi connectivity index (χ4n) is 1.71. The third-order valence-electron chi connectivity index (χ3n) is 2.67. The van der Waals surface area contributed by atoms with Gasteiger partial charge < -0.3 is 10.2 Å². The molecule has 1 amide bonds. The quantitative estimate of drug-likeness (QED) is 0.868. The number of carbonyl (C=O) groups excluding carboxylic acids is 1. The molecule has 0 bridgehead atoms. The molecule has 0 atom stereocenters. The van der Waals surface area contributed by atoms with Crippen molar-refractivity contribution in [3.05, 3.63) is 44.2 Å². The molecular formula is C13H13Cl2N3OS. The van der Waals surface area contributed by atoms with Crippen LogP contribution in [0, 0.1) is 0 Å². The Morgan fingerprint density at radius 2 is 2.15 bits per heavy atom. The van der Waals surface area contributed by atoms with E-state index in [9.17, 15) is 4.79 Å². The SMILES string of the molecule is CNc1cc(C(=O)N(C)Cc2ccc(Cl)s2)cc(Cl)n1. The minimum atomic E-state index is -0.115. The molecule has 7 heteroatoms. The number of carbonyl (C=O) groups is 1. The number of nitrogens with zero attached hydrogens (tertiary/aromatic N) is 2. The van der Waals surface area contributed by atoms with E-state index in [-0.39, 0.29) is 11.1 Å². The number of amides is 1. The van der Waals surface area contributed by atoms with Crippen LogP contribution in [0.1, 0.15) is 15.2 Å². The molecule has 4 nitrogen and oxygen atoms in total. The summed E-state index contributed by atoms with van der Waals surface area (Å²) in [5, 5.41) is 3.16. The van der Waals surface area contributed by atoms with Gasteiger partial charge in [-0.2, -0.15) is 0 Å². The predicted molar refractivity (Wildman–Crippen MR) is 83.9 cm³/mol. The first-order valence-electron chi connectivity index (χ1n) is 5.84. The Morgan fingerprint density at radius 1 is 1.40 bits per heavy atom. The maximum Gasteiger partial charge on any atom is 0.254 e. The molecule has 2 heterocycles. The molecule has 2 rings (SSSR count). The van der Waals surface area contributed by atoms with E-state index < -0.39 is 0 Å². The molecule has 0 fully saturated rings. The third kappa shape index (κ3) is 3.62. The highest BCUT2D eigenvalue weighted by Crippen LogP contribution is 2.23. The number of pyridine rings is 1. The zero-order chi connectivity index (χ0) is 14.7. The first-order valence-corrected chi connectivity index (χ1v) is 7.42. The minimum absolute atomic E-state index is 0.115. The fraction of sp³-hybridized carbons (Fsp3) is 0.231. The highest BCUT2D eigenvalue weighted by atomic mass is 35.5. The standard InChI is InChI=1S/C13H13Cl2N3OS/c1-16-12-6-8(5-10(14)17-12)13(19)18(2)7-9-3-4-11(15)20-9/h3-6H,7H2,1-2H3,(H,16,17). The van der Waals surface area contributed by atoms with Crippen molar-refractivity contribution in [2.24, 2.45) is 0 Å². The molecule has 0 aromatic carbocycles. The van der Waals surface area contributed by atoms with Gasteiger partial charge in [0.1, 0.15) is 11.0 Å². The summed E-state index contributed by atoms with van der Waals surface area (Å²) in [5.74, 6) is 0.448. The Morgan fingerprint density at radius 3 is 2.75 bits per heavy atom. The monoisotopic (exact) mass is 329 g/mol. The van der Waals surface area contributed by atoms with E-state index in [0.717, 1.165) is 4.88 Å². The highest BCUT2D eigenvalue weighted by molar-refractivity contribution is 7.16. The number of thiophene rings is 1. The average Bonchev–Trinajstić information content (AvgIpc) is 2.82. The number of anilines is 1. The van der Waals surface area contributed by atoms with Gasteiger partial charge in [-0.1, -0.05) is 23.2 Å². The van der Waals surface area contributed by atoms with Gasteiger partial charge in [-0.05, 0) is 24.3 Å². The summed E-state index contributed by atoms with van der Waals surface area (Å²) >= 11 is 13.2. The van der Waals surface area contributed by atoms with Crippen molar-refractivity contribution in [1.29, 1.82) is 0 Å². The van der Waals surface area contributed by atoms with E-state index in [4.69, 9.17) is 23.2 Å². The lowest BCUT2D eigenvalue weighted by molar-refractivity contribution is 0.0786. The van der Waals surface area contributed by atoms with Crippen molar-refractivity contribution < 1.29 is 4.79 Å². The normalized spacial score (nSPS) is 10.4. The fourth-order valence-corrected chi connectivity index (χ4v) is 3.06. The van der Waals surface area contributed by atoms with Crippen molar-refractivity contribution in [1.82, 2.24) is 9.88 Å². The van der Waals surface area contributed by atoms with E-state index in [1.165, 1.54) is 11.3 Å². The lowest BCUT2D eigenvalue weighted by Crippen LogP contribution is -2.26. The van der Waals surface area contributed by atoms with Crippen molar-refractivity contribution in [3.8, 4) is 0 Å². The number of nitrogens with one attached hydrogen (secondary N) is 1. The molecule has 20 heavy (non-hydrogen) atoms. The Kier molecular flexibility index (Phi) is 4.86. The van der Waals surface area contributed by atoms with Gasteiger partial charge in [0.15, 0.2) is 0 Å². The molecule has 0 saturated carbocycles. The molecule has 2 aromatic rings. The van der Waals surface area contributed by atoms with E-state index in [2.05, 4.69) is 10.3 Å². The van der Waals surface area contributed by atoms with Crippen molar-refractivity contribution in [3.63, 3.8) is 0 Å². The number of hydrogen-bond acceptors (Lipinski definition) is 4. The lowest BCUT2D eigenvalue weighted by atomic mass is 10.2. The number of halogens is 2. The Hall–Kier alpha value is -1.30. The second-order valence-corrected chi connectivity index (χ2v) is 6.37. The molecule has 0 saturated heterocycles. The number of aromatic nitrogens is 1. The summed E-state index contributed by atoms with van der Waals surface area (Å²) in [6.07, 6.45) is 0. The van der Waals surface area contributed by atoms with Gasteiger partial charge >= 0.3 is 0 Å². The largest absolute Gasteiger partial charge is 0.373 e.